The van der Waals surface area contributed by atoms with Crippen LogP contribution in [0.5, 0.6) is 0 Å². The molecule has 0 N–H and O–H groups in total. The van der Waals surface area contributed by atoms with Crippen LogP contribution < -0.4 is 0 Å². The molecule has 234 valence electrons. The van der Waals surface area contributed by atoms with Gasteiger partial charge in [0.15, 0.2) is 5.82 Å². The fourth-order valence-corrected chi connectivity index (χ4v) is 7.29. The van der Waals surface area contributed by atoms with Crippen LogP contribution in [-0.4, -0.2) is 24.1 Å². The number of benzene rings is 6. The number of hydrogen-bond acceptors (Lipinski definition) is 3. The zero-order valence-corrected chi connectivity index (χ0v) is 27.0. The topological polar surface area (TPSA) is 48.5 Å². The van der Waals surface area contributed by atoms with Gasteiger partial charge in [-0.3, -0.25) is 9.55 Å². The Morgan fingerprint density at radius 3 is 1.74 bits per heavy atom. The van der Waals surface area contributed by atoms with E-state index in [9.17, 15) is 0 Å². The highest BCUT2D eigenvalue weighted by Gasteiger charge is 2.19. The van der Waals surface area contributed by atoms with Gasteiger partial charge in [-0.1, -0.05) is 115 Å². The molecule has 0 amide bonds. The van der Waals surface area contributed by atoms with Crippen LogP contribution in [0.15, 0.2) is 176 Å². The molecule has 0 aliphatic rings. The van der Waals surface area contributed by atoms with Gasteiger partial charge in [0.1, 0.15) is 5.82 Å². The van der Waals surface area contributed by atoms with E-state index in [4.69, 9.17) is 15.0 Å². The molecule has 0 saturated carbocycles. The highest BCUT2D eigenvalue weighted by molar-refractivity contribution is 6.11. The molecule has 0 bridgehead atoms. The molecule has 0 unspecified atom stereocenters. The number of aromatic nitrogens is 5. The SMILES string of the molecule is c1ccc(-c2cc(-n3c4cc(-c5ccc6c7ccccc7n(-c7ccccc7)c6c5)ccc4c4ncccc43)nc(-c3ccccc3)n2)cc1. The van der Waals surface area contributed by atoms with Crippen molar-refractivity contribution < 1.29 is 0 Å². The predicted molar refractivity (Wildman–Crippen MR) is 205 cm³/mol. The second-order valence-corrected chi connectivity index (χ2v) is 12.5. The smallest absolute Gasteiger partial charge is 0.162 e. The van der Waals surface area contributed by atoms with Crippen LogP contribution in [0.25, 0.3) is 89.0 Å². The summed E-state index contributed by atoms with van der Waals surface area (Å²) in [6.45, 7) is 0. The third-order valence-electron chi connectivity index (χ3n) is 9.59. The van der Waals surface area contributed by atoms with Crippen LogP contribution in [-0.2, 0) is 0 Å². The molecular weight excluding hydrogens is 611 g/mol. The van der Waals surface area contributed by atoms with Crippen LogP contribution in [0, 0.1) is 0 Å². The summed E-state index contributed by atoms with van der Waals surface area (Å²) >= 11 is 0. The molecule has 10 aromatic rings. The number of rotatable bonds is 5. The van der Waals surface area contributed by atoms with Gasteiger partial charge in [-0.25, -0.2) is 9.97 Å². The highest BCUT2D eigenvalue weighted by Crippen LogP contribution is 2.38. The first kappa shape index (κ1) is 28.2. The summed E-state index contributed by atoms with van der Waals surface area (Å²) in [6, 6.07) is 59.5. The first-order valence-electron chi connectivity index (χ1n) is 16.8. The fourth-order valence-electron chi connectivity index (χ4n) is 7.29. The Morgan fingerprint density at radius 1 is 0.380 bits per heavy atom. The Morgan fingerprint density at radius 2 is 0.980 bits per heavy atom. The summed E-state index contributed by atoms with van der Waals surface area (Å²) in [5.41, 5.74) is 11.6. The summed E-state index contributed by atoms with van der Waals surface area (Å²) in [5, 5.41) is 3.55. The Kier molecular flexibility index (Phi) is 6.42. The van der Waals surface area contributed by atoms with Crippen molar-refractivity contribution in [2.24, 2.45) is 0 Å². The Hall–Kier alpha value is -6.85. The minimum absolute atomic E-state index is 0.677. The standard InChI is InChI=1S/C45H29N5/c1-4-13-30(14-5-1)38-29-43(48-45(47-38)31-15-6-2-7-16-31)50-40-21-12-26-46-44(40)37-25-23-33(28-42(37)50)32-22-24-36-35-19-10-11-20-39(35)49(41(36)27-32)34-17-8-3-9-18-34/h1-29H. The van der Waals surface area contributed by atoms with E-state index in [1.54, 1.807) is 0 Å². The summed E-state index contributed by atoms with van der Waals surface area (Å²) in [6.07, 6.45) is 1.86. The first-order valence-corrected chi connectivity index (χ1v) is 16.8. The lowest BCUT2D eigenvalue weighted by Gasteiger charge is -2.12. The van der Waals surface area contributed by atoms with E-state index >= 15 is 0 Å². The minimum Gasteiger partial charge on any atom is -0.309 e. The van der Waals surface area contributed by atoms with Crippen LogP contribution in [0.1, 0.15) is 0 Å². The van der Waals surface area contributed by atoms with E-state index in [1.807, 2.05) is 48.7 Å². The normalized spacial score (nSPS) is 11.6. The molecule has 0 saturated heterocycles. The van der Waals surface area contributed by atoms with Crippen molar-refractivity contribution >= 4 is 43.7 Å². The molecule has 0 fully saturated rings. The van der Waals surface area contributed by atoms with Crippen molar-refractivity contribution in [1.82, 2.24) is 24.1 Å². The van der Waals surface area contributed by atoms with E-state index < -0.39 is 0 Å². The molecule has 10 rings (SSSR count). The van der Waals surface area contributed by atoms with Crippen molar-refractivity contribution in [2.75, 3.05) is 0 Å². The lowest BCUT2D eigenvalue weighted by atomic mass is 10.0. The fraction of sp³-hybridized carbons (Fsp3) is 0. The van der Waals surface area contributed by atoms with Gasteiger partial charge in [-0.15, -0.1) is 0 Å². The van der Waals surface area contributed by atoms with E-state index in [-0.39, 0.29) is 0 Å². The average Bonchev–Trinajstić information content (AvgIpc) is 3.71. The van der Waals surface area contributed by atoms with Gasteiger partial charge in [-0.2, -0.15) is 0 Å². The van der Waals surface area contributed by atoms with E-state index in [1.165, 1.54) is 21.8 Å². The van der Waals surface area contributed by atoms with Gasteiger partial charge in [-0.05, 0) is 59.7 Å². The Balaban J connectivity index is 1.22. The maximum absolute atomic E-state index is 5.21. The van der Waals surface area contributed by atoms with Crippen molar-refractivity contribution in [3.8, 4) is 45.3 Å². The number of pyridine rings is 1. The van der Waals surface area contributed by atoms with Crippen molar-refractivity contribution in [1.29, 1.82) is 0 Å². The monoisotopic (exact) mass is 639 g/mol. The van der Waals surface area contributed by atoms with Gasteiger partial charge in [0.2, 0.25) is 0 Å². The average molecular weight is 640 g/mol. The quantitative estimate of drug-likeness (QED) is 0.188. The number of nitrogens with zero attached hydrogens (tertiary/aromatic N) is 5. The zero-order valence-electron chi connectivity index (χ0n) is 27.0. The zero-order chi connectivity index (χ0) is 33.0. The third kappa shape index (κ3) is 4.52. The molecule has 4 heterocycles. The van der Waals surface area contributed by atoms with Gasteiger partial charge in [0.05, 0.1) is 33.3 Å². The Labute approximate surface area is 288 Å². The highest BCUT2D eigenvalue weighted by atomic mass is 15.1. The van der Waals surface area contributed by atoms with Crippen molar-refractivity contribution in [3.05, 3.63) is 176 Å². The lowest BCUT2D eigenvalue weighted by molar-refractivity contribution is 1.05. The molecule has 4 aromatic heterocycles. The predicted octanol–water partition coefficient (Wildman–Crippen LogP) is 11.1. The molecule has 5 nitrogen and oxygen atoms in total. The molecule has 0 radical (unpaired) electrons. The summed E-state index contributed by atoms with van der Waals surface area (Å²) < 4.78 is 4.60. The summed E-state index contributed by atoms with van der Waals surface area (Å²) in [7, 11) is 0. The van der Waals surface area contributed by atoms with E-state index in [2.05, 4.69) is 137 Å². The van der Waals surface area contributed by atoms with Crippen LogP contribution in [0.4, 0.5) is 0 Å². The third-order valence-corrected chi connectivity index (χ3v) is 9.59. The molecule has 0 aliphatic carbocycles. The minimum atomic E-state index is 0.677. The van der Waals surface area contributed by atoms with E-state index in [0.717, 1.165) is 61.4 Å². The largest absolute Gasteiger partial charge is 0.309 e. The van der Waals surface area contributed by atoms with Gasteiger partial charge >= 0.3 is 0 Å². The first-order chi connectivity index (χ1) is 24.8. The van der Waals surface area contributed by atoms with Crippen LogP contribution in [0.2, 0.25) is 0 Å². The molecule has 5 heteroatoms. The molecular formula is C45H29N5. The molecule has 50 heavy (non-hydrogen) atoms. The number of hydrogen-bond donors (Lipinski definition) is 0. The summed E-state index contributed by atoms with van der Waals surface area (Å²) in [5.74, 6) is 1.47. The maximum atomic E-state index is 5.21. The second kappa shape index (κ2) is 11.4. The van der Waals surface area contributed by atoms with E-state index in [0.29, 0.717) is 5.82 Å². The number of para-hydroxylation sites is 2. The summed E-state index contributed by atoms with van der Waals surface area (Å²) in [4.78, 5) is 15.1. The van der Waals surface area contributed by atoms with Gasteiger partial charge < -0.3 is 4.57 Å². The van der Waals surface area contributed by atoms with Gasteiger partial charge in [0, 0.05) is 45.2 Å². The van der Waals surface area contributed by atoms with Crippen LogP contribution in [0.3, 0.4) is 0 Å². The lowest BCUT2D eigenvalue weighted by Crippen LogP contribution is -2.02. The molecule has 0 spiro atoms. The van der Waals surface area contributed by atoms with Crippen molar-refractivity contribution in [3.63, 3.8) is 0 Å². The number of fused-ring (bicyclic) bond motifs is 6. The Bertz CT molecular complexity index is 2800. The van der Waals surface area contributed by atoms with Gasteiger partial charge in [0.25, 0.3) is 0 Å². The van der Waals surface area contributed by atoms with Crippen molar-refractivity contribution in [2.45, 2.75) is 0 Å². The second-order valence-electron chi connectivity index (χ2n) is 12.5. The maximum Gasteiger partial charge on any atom is 0.162 e. The molecule has 6 aromatic carbocycles. The molecule has 0 aliphatic heterocycles. The van der Waals surface area contributed by atoms with Crippen LogP contribution >= 0.6 is 0 Å². The molecule has 0 atom stereocenters.